The van der Waals surface area contributed by atoms with Crippen LogP contribution in [0, 0.1) is 13.8 Å². The fourth-order valence-electron chi connectivity index (χ4n) is 1.67. The molecule has 3 aromatic heterocycles. The van der Waals surface area contributed by atoms with Crippen LogP contribution in [0.1, 0.15) is 15.7 Å². The van der Waals surface area contributed by atoms with Gasteiger partial charge in [0.05, 0.1) is 12.2 Å². The van der Waals surface area contributed by atoms with Crippen molar-refractivity contribution in [3.63, 3.8) is 0 Å². The van der Waals surface area contributed by atoms with E-state index in [-0.39, 0.29) is 11.3 Å². The summed E-state index contributed by atoms with van der Waals surface area (Å²) < 4.78 is 6.42. The second-order valence-corrected chi connectivity index (χ2v) is 5.11. The SMILES string of the molecule is Cc1nnc(Cn2cnc3onc(C)c3c2=O)s1. The van der Waals surface area contributed by atoms with Crippen LogP contribution in [0.2, 0.25) is 0 Å². The summed E-state index contributed by atoms with van der Waals surface area (Å²) in [5.41, 5.74) is 0.638. The summed E-state index contributed by atoms with van der Waals surface area (Å²) in [5, 5.41) is 13.7. The Morgan fingerprint density at radius 3 is 2.94 bits per heavy atom. The zero-order valence-electron chi connectivity index (χ0n) is 9.75. The fraction of sp³-hybridized carbons (Fsp3) is 0.300. The Hall–Kier alpha value is -2.09. The van der Waals surface area contributed by atoms with Crippen molar-refractivity contribution in [2.24, 2.45) is 0 Å². The van der Waals surface area contributed by atoms with Crippen LogP contribution in [-0.4, -0.2) is 24.9 Å². The molecule has 7 nitrogen and oxygen atoms in total. The molecule has 0 radical (unpaired) electrons. The molecular formula is C10H9N5O2S. The van der Waals surface area contributed by atoms with E-state index >= 15 is 0 Å². The van der Waals surface area contributed by atoms with E-state index < -0.39 is 0 Å². The molecule has 3 rings (SSSR count). The van der Waals surface area contributed by atoms with Crippen LogP contribution in [0.15, 0.2) is 15.6 Å². The highest BCUT2D eigenvalue weighted by molar-refractivity contribution is 7.11. The first kappa shape index (κ1) is 11.0. The average molecular weight is 263 g/mol. The van der Waals surface area contributed by atoms with Gasteiger partial charge in [0, 0.05) is 0 Å². The summed E-state index contributed by atoms with van der Waals surface area (Å²) in [6.07, 6.45) is 1.44. The predicted molar refractivity (Wildman–Crippen MR) is 64.5 cm³/mol. The van der Waals surface area contributed by atoms with Crippen LogP contribution in [0.3, 0.4) is 0 Å². The first-order valence-electron chi connectivity index (χ1n) is 5.25. The van der Waals surface area contributed by atoms with Gasteiger partial charge in [0.1, 0.15) is 21.7 Å². The van der Waals surface area contributed by atoms with E-state index in [9.17, 15) is 4.79 Å². The van der Waals surface area contributed by atoms with Crippen molar-refractivity contribution in [3.05, 3.63) is 32.4 Å². The highest BCUT2D eigenvalue weighted by atomic mass is 32.1. The van der Waals surface area contributed by atoms with Gasteiger partial charge in [-0.3, -0.25) is 9.36 Å². The number of fused-ring (bicyclic) bond motifs is 1. The highest BCUT2D eigenvalue weighted by Gasteiger charge is 2.13. The van der Waals surface area contributed by atoms with Gasteiger partial charge >= 0.3 is 0 Å². The monoisotopic (exact) mass is 263 g/mol. The smallest absolute Gasteiger partial charge is 0.266 e. The van der Waals surface area contributed by atoms with E-state index in [2.05, 4.69) is 20.3 Å². The third-order valence-electron chi connectivity index (χ3n) is 2.51. The molecule has 92 valence electrons. The Morgan fingerprint density at radius 2 is 2.22 bits per heavy atom. The molecular weight excluding hydrogens is 254 g/mol. The average Bonchev–Trinajstić information content (AvgIpc) is 2.90. The second kappa shape index (κ2) is 3.98. The molecule has 3 aromatic rings. The lowest BCUT2D eigenvalue weighted by Crippen LogP contribution is -2.21. The third kappa shape index (κ3) is 1.70. The molecule has 0 amide bonds. The Morgan fingerprint density at radius 1 is 1.39 bits per heavy atom. The molecule has 0 unspecified atom stereocenters. The maximum Gasteiger partial charge on any atom is 0.266 e. The number of rotatable bonds is 2. The fourth-order valence-corrected chi connectivity index (χ4v) is 2.38. The van der Waals surface area contributed by atoms with Crippen molar-refractivity contribution in [1.82, 2.24) is 24.9 Å². The van der Waals surface area contributed by atoms with Crippen molar-refractivity contribution in [2.45, 2.75) is 20.4 Å². The maximum absolute atomic E-state index is 12.2. The van der Waals surface area contributed by atoms with Gasteiger partial charge < -0.3 is 4.52 Å². The van der Waals surface area contributed by atoms with Crippen molar-refractivity contribution in [3.8, 4) is 0 Å². The Balaban J connectivity index is 2.10. The lowest BCUT2D eigenvalue weighted by Gasteiger charge is -2.00. The summed E-state index contributed by atoms with van der Waals surface area (Å²) in [6, 6.07) is 0. The van der Waals surface area contributed by atoms with Gasteiger partial charge in [0.2, 0.25) is 0 Å². The van der Waals surface area contributed by atoms with Crippen molar-refractivity contribution in [1.29, 1.82) is 0 Å². The van der Waals surface area contributed by atoms with E-state index in [0.717, 1.165) is 10.0 Å². The Bertz CT molecular complexity index is 772. The summed E-state index contributed by atoms with van der Waals surface area (Å²) in [4.78, 5) is 16.3. The van der Waals surface area contributed by atoms with Crippen LogP contribution in [-0.2, 0) is 6.54 Å². The second-order valence-electron chi connectivity index (χ2n) is 3.84. The largest absolute Gasteiger partial charge is 0.335 e. The minimum atomic E-state index is -0.174. The molecule has 0 fully saturated rings. The minimum Gasteiger partial charge on any atom is -0.335 e. The first-order chi connectivity index (χ1) is 8.65. The van der Waals surface area contributed by atoms with Gasteiger partial charge in [0.25, 0.3) is 11.3 Å². The molecule has 0 atom stereocenters. The van der Waals surface area contributed by atoms with Gasteiger partial charge in [-0.25, -0.2) is 4.98 Å². The van der Waals surface area contributed by atoms with Crippen molar-refractivity contribution in [2.75, 3.05) is 0 Å². The van der Waals surface area contributed by atoms with Gasteiger partial charge in [-0.05, 0) is 13.8 Å². The van der Waals surface area contributed by atoms with Crippen LogP contribution < -0.4 is 5.56 Å². The molecule has 0 aliphatic rings. The van der Waals surface area contributed by atoms with E-state index in [0.29, 0.717) is 17.6 Å². The summed E-state index contributed by atoms with van der Waals surface area (Å²) in [5.74, 6) is 0. The standard InChI is InChI=1S/C10H9N5O2S/c1-5-8-9(17-14-5)11-4-15(10(8)16)3-7-13-12-6(2)18-7/h4H,3H2,1-2H3. The van der Waals surface area contributed by atoms with E-state index in [1.54, 1.807) is 6.92 Å². The summed E-state index contributed by atoms with van der Waals surface area (Å²) in [7, 11) is 0. The molecule has 0 aliphatic heterocycles. The maximum atomic E-state index is 12.2. The van der Waals surface area contributed by atoms with Crippen molar-refractivity contribution < 1.29 is 4.52 Å². The van der Waals surface area contributed by atoms with E-state index in [4.69, 9.17) is 4.52 Å². The molecule has 8 heteroatoms. The number of nitrogens with zero attached hydrogens (tertiary/aromatic N) is 5. The number of hydrogen-bond donors (Lipinski definition) is 0. The zero-order chi connectivity index (χ0) is 12.7. The highest BCUT2D eigenvalue weighted by Crippen LogP contribution is 2.12. The topological polar surface area (TPSA) is 86.7 Å². The summed E-state index contributed by atoms with van der Waals surface area (Å²) >= 11 is 1.45. The molecule has 0 bridgehead atoms. The number of hydrogen-bond acceptors (Lipinski definition) is 7. The molecule has 0 aromatic carbocycles. The van der Waals surface area contributed by atoms with Crippen molar-refractivity contribution >= 4 is 22.4 Å². The van der Waals surface area contributed by atoms with Crippen LogP contribution in [0.4, 0.5) is 0 Å². The minimum absolute atomic E-state index is 0.174. The molecule has 0 N–H and O–H groups in total. The molecule has 0 saturated heterocycles. The molecule has 0 spiro atoms. The predicted octanol–water partition coefficient (Wildman–Crippen LogP) is 0.901. The van der Waals surface area contributed by atoms with Gasteiger partial charge in [-0.15, -0.1) is 10.2 Å². The van der Waals surface area contributed by atoms with Crippen LogP contribution >= 0.6 is 11.3 Å². The van der Waals surface area contributed by atoms with Crippen LogP contribution in [0.25, 0.3) is 11.1 Å². The zero-order valence-corrected chi connectivity index (χ0v) is 10.6. The van der Waals surface area contributed by atoms with Gasteiger partial charge in [0.15, 0.2) is 0 Å². The lowest BCUT2D eigenvalue weighted by atomic mass is 10.3. The van der Waals surface area contributed by atoms with E-state index in [1.165, 1.54) is 22.2 Å². The normalized spacial score (nSPS) is 11.2. The first-order valence-corrected chi connectivity index (χ1v) is 6.07. The molecule has 0 saturated carbocycles. The summed E-state index contributed by atoms with van der Waals surface area (Å²) in [6.45, 7) is 3.95. The number of aromatic nitrogens is 5. The third-order valence-corrected chi connectivity index (χ3v) is 3.33. The van der Waals surface area contributed by atoms with E-state index in [1.807, 2.05) is 6.92 Å². The number of aryl methyl sites for hydroxylation is 2. The Labute approximate surface area is 105 Å². The van der Waals surface area contributed by atoms with Gasteiger partial charge in [-0.2, -0.15) is 0 Å². The Kier molecular flexibility index (Phi) is 2.44. The van der Waals surface area contributed by atoms with Gasteiger partial charge in [-0.1, -0.05) is 16.5 Å². The lowest BCUT2D eigenvalue weighted by molar-refractivity contribution is 0.442. The molecule has 18 heavy (non-hydrogen) atoms. The molecule has 0 aliphatic carbocycles. The van der Waals surface area contributed by atoms with Crippen LogP contribution in [0.5, 0.6) is 0 Å². The molecule has 3 heterocycles. The quantitative estimate of drug-likeness (QED) is 0.682.